The molecule has 32 heavy (non-hydrogen) atoms. The number of hydrazone groups is 2. The summed E-state index contributed by atoms with van der Waals surface area (Å²) in [4.78, 5) is 0. The van der Waals surface area contributed by atoms with Crippen LogP contribution in [0.3, 0.4) is 0 Å². The Morgan fingerprint density at radius 2 is 0.906 bits per heavy atom. The minimum atomic E-state index is -1.68. The first-order valence-corrected chi connectivity index (χ1v) is 17.9. The molecule has 0 atom stereocenters. The van der Waals surface area contributed by atoms with Gasteiger partial charge in [0.15, 0.2) is 16.5 Å². The normalized spacial score (nSPS) is 12.4. The summed E-state index contributed by atoms with van der Waals surface area (Å²) in [5.41, 5.74) is 4.39. The summed E-state index contributed by atoms with van der Waals surface area (Å²) in [6.07, 6.45) is 3.91. The molecule has 4 nitrogen and oxygen atoms in total. The first kappa shape index (κ1) is 23.7. The highest BCUT2D eigenvalue weighted by molar-refractivity contribution is 6.80. The van der Waals surface area contributed by atoms with E-state index >= 15 is 0 Å². The van der Waals surface area contributed by atoms with Crippen molar-refractivity contribution in [2.45, 2.75) is 39.3 Å². The Morgan fingerprint density at radius 1 is 0.531 bits per heavy atom. The van der Waals surface area contributed by atoms with Crippen LogP contribution in [-0.4, -0.2) is 28.9 Å². The summed E-state index contributed by atoms with van der Waals surface area (Å²) >= 11 is 0. The zero-order valence-corrected chi connectivity index (χ0v) is 22.0. The maximum Gasteiger partial charge on any atom is 0.176 e. The van der Waals surface area contributed by atoms with E-state index in [4.69, 9.17) is 10.2 Å². The van der Waals surface area contributed by atoms with E-state index in [9.17, 15) is 0 Å². The summed E-state index contributed by atoms with van der Waals surface area (Å²) in [6, 6.07) is 29.2. The van der Waals surface area contributed by atoms with Crippen LogP contribution in [-0.2, 0) is 0 Å². The average Bonchev–Trinajstić information content (AvgIpc) is 2.74. The summed E-state index contributed by atoms with van der Waals surface area (Å²) < 4.78 is 4.38. The second kappa shape index (κ2) is 10.1. The van der Waals surface area contributed by atoms with Crippen LogP contribution in [0, 0.1) is 0 Å². The van der Waals surface area contributed by atoms with Crippen LogP contribution in [0.15, 0.2) is 95.1 Å². The van der Waals surface area contributed by atoms with Gasteiger partial charge in [0.1, 0.15) is 0 Å². The van der Waals surface area contributed by atoms with E-state index in [0.29, 0.717) is 0 Å². The van der Waals surface area contributed by atoms with Gasteiger partial charge in [0.05, 0.1) is 12.4 Å². The predicted octanol–water partition coefficient (Wildman–Crippen LogP) is 7.04. The van der Waals surface area contributed by atoms with Crippen molar-refractivity contribution in [3.63, 3.8) is 0 Å². The van der Waals surface area contributed by atoms with Crippen LogP contribution < -0.4 is 9.35 Å². The molecule has 3 aromatic rings. The highest BCUT2D eigenvalue weighted by Gasteiger charge is 2.25. The molecule has 0 fully saturated rings. The molecule has 3 rings (SSSR count). The number of rotatable bonds is 8. The second-order valence-electron chi connectivity index (χ2n) is 9.80. The molecule has 0 saturated carbocycles. The van der Waals surface area contributed by atoms with Crippen LogP contribution in [0.5, 0.6) is 0 Å². The molecule has 0 aliphatic heterocycles. The Hall–Kier alpha value is -2.97. The lowest BCUT2D eigenvalue weighted by atomic mass is 10.1. The molecule has 3 aromatic carbocycles. The van der Waals surface area contributed by atoms with E-state index in [1.54, 1.807) is 0 Å². The van der Waals surface area contributed by atoms with Crippen LogP contribution in [0.2, 0.25) is 39.3 Å². The third-order valence-corrected chi connectivity index (χ3v) is 8.12. The van der Waals surface area contributed by atoms with E-state index in [1.165, 1.54) is 0 Å². The zero-order chi connectivity index (χ0) is 23.2. The standard InChI is InChI=1S/C26H34N4Si2/c1-31(2,3)29(25-16-9-7-10-17-25)27-21-23-14-13-15-24(20-23)22-28-30(32(4,5)6)26-18-11-8-12-19-26/h7-22H,1-6H3/b27-21+,28-22+. The Labute approximate surface area is 195 Å². The lowest BCUT2D eigenvalue weighted by Gasteiger charge is -2.31. The van der Waals surface area contributed by atoms with Crippen LogP contribution in [0.1, 0.15) is 11.1 Å². The minimum absolute atomic E-state index is 1.06. The third kappa shape index (κ3) is 6.51. The average molecular weight is 459 g/mol. The molecule has 0 aliphatic carbocycles. The smallest absolute Gasteiger partial charge is 0.176 e. The quantitative estimate of drug-likeness (QED) is 0.206. The maximum atomic E-state index is 4.88. The van der Waals surface area contributed by atoms with Crippen molar-refractivity contribution < 1.29 is 0 Å². The third-order valence-electron chi connectivity index (χ3n) is 4.83. The molecule has 6 heteroatoms. The van der Waals surface area contributed by atoms with E-state index in [0.717, 1.165) is 22.5 Å². The van der Waals surface area contributed by atoms with Gasteiger partial charge in [-0.2, -0.15) is 10.2 Å². The fraction of sp³-hybridized carbons (Fsp3) is 0.231. The maximum absolute atomic E-state index is 4.88. The van der Waals surface area contributed by atoms with Crippen molar-refractivity contribution in [1.29, 1.82) is 0 Å². The van der Waals surface area contributed by atoms with Gasteiger partial charge < -0.3 is 0 Å². The van der Waals surface area contributed by atoms with Gasteiger partial charge in [0.2, 0.25) is 0 Å². The van der Waals surface area contributed by atoms with Crippen molar-refractivity contribution in [2.75, 3.05) is 9.35 Å². The summed E-state index contributed by atoms with van der Waals surface area (Å²) in [6.45, 7) is 13.8. The van der Waals surface area contributed by atoms with Gasteiger partial charge in [0, 0.05) is 11.4 Å². The fourth-order valence-electron chi connectivity index (χ4n) is 3.36. The Kier molecular flexibility index (Phi) is 7.48. The van der Waals surface area contributed by atoms with Crippen molar-refractivity contribution in [1.82, 2.24) is 0 Å². The van der Waals surface area contributed by atoms with E-state index in [1.807, 2.05) is 24.6 Å². The van der Waals surface area contributed by atoms with Crippen LogP contribution >= 0.6 is 0 Å². The number of benzene rings is 3. The lowest BCUT2D eigenvalue weighted by Crippen LogP contribution is -2.42. The topological polar surface area (TPSA) is 31.2 Å². The van der Waals surface area contributed by atoms with E-state index < -0.39 is 16.5 Å². The second-order valence-corrected chi connectivity index (χ2v) is 19.3. The van der Waals surface area contributed by atoms with Gasteiger partial charge in [-0.15, -0.1) is 0 Å². The highest BCUT2D eigenvalue weighted by Crippen LogP contribution is 2.23. The summed E-state index contributed by atoms with van der Waals surface area (Å²) in [5.74, 6) is 0. The van der Waals surface area contributed by atoms with Gasteiger partial charge >= 0.3 is 0 Å². The Bertz CT molecular complexity index is 970. The molecule has 0 N–H and O–H groups in total. The number of nitrogens with zero attached hydrogens (tertiary/aromatic N) is 4. The number of hydrogen-bond acceptors (Lipinski definition) is 4. The molecule has 0 spiro atoms. The molecule has 166 valence electrons. The Morgan fingerprint density at radius 3 is 1.25 bits per heavy atom. The molecule has 0 radical (unpaired) electrons. The zero-order valence-electron chi connectivity index (χ0n) is 20.0. The summed E-state index contributed by atoms with van der Waals surface area (Å²) in [5, 5.41) is 9.76. The Balaban J connectivity index is 1.84. The van der Waals surface area contributed by atoms with Gasteiger partial charge in [-0.25, -0.2) is 0 Å². The molecule has 0 aliphatic rings. The predicted molar refractivity (Wildman–Crippen MR) is 146 cm³/mol. The molecule has 0 heterocycles. The van der Waals surface area contributed by atoms with E-state index in [-0.39, 0.29) is 0 Å². The van der Waals surface area contributed by atoms with Gasteiger partial charge in [-0.1, -0.05) is 54.6 Å². The largest absolute Gasteiger partial charge is 0.295 e. The first-order chi connectivity index (χ1) is 15.1. The van der Waals surface area contributed by atoms with Crippen LogP contribution in [0.25, 0.3) is 0 Å². The summed E-state index contributed by atoms with van der Waals surface area (Å²) in [7, 11) is -3.35. The first-order valence-electron chi connectivity index (χ1n) is 11.0. The van der Waals surface area contributed by atoms with Crippen molar-refractivity contribution >= 4 is 40.3 Å². The molecular formula is C26H34N4Si2. The number of hydrogen-bond donors (Lipinski definition) is 0. The number of para-hydroxylation sites is 2. The van der Waals surface area contributed by atoms with Crippen molar-refractivity contribution in [3.8, 4) is 0 Å². The fourth-order valence-corrected chi connectivity index (χ4v) is 6.02. The SMILES string of the molecule is C[Si](C)(C)N(/N=C/c1cccc(/C=N/N(c2ccccc2)[Si](C)(C)C)c1)c1ccccc1. The minimum Gasteiger partial charge on any atom is -0.295 e. The van der Waals surface area contributed by atoms with Gasteiger partial charge in [-0.05, 0) is 80.7 Å². The molecule has 0 saturated heterocycles. The lowest BCUT2D eigenvalue weighted by molar-refractivity contribution is 1.13. The van der Waals surface area contributed by atoms with Crippen LogP contribution in [0.4, 0.5) is 11.4 Å². The molecule has 0 unspecified atom stereocenters. The van der Waals surface area contributed by atoms with Crippen molar-refractivity contribution in [2.24, 2.45) is 10.2 Å². The molecule has 0 aromatic heterocycles. The molecule has 0 bridgehead atoms. The van der Waals surface area contributed by atoms with E-state index in [2.05, 4.69) is 121 Å². The molecular weight excluding hydrogens is 424 g/mol. The highest BCUT2D eigenvalue weighted by atomic mass is 28.3. The van der Waals surface area contributed by atoms with Gasteiger partial charge in [0.25, 0.3) is 0 Å². The monoisotopic (exact) mass is 458 g/mol. The van der Waals surface area contributed by atoms with Gasteiger partial charge in [-0.3, -0.25) is 9.35 Å². The number of anilines is 2. The van der Waals surface area contributed by atoms with Crippen molar-refractivity contribution in [3.05, 3.63) is 96.1 Å². The molecule has 0 amide bonds.